The van der Waals surface area contributed by atoms with E-state index in [9.17, 15) is 0 Å². The zero-order valence-electron chi connectivity index (χ0n) is 3.95. The second-order valence-electron chi connectivity index (χ2n) is 0.500. The fourth-order valence-corrected chi connectivity index (χ4v) is 0. The molecule has 6 nitrogen and oxygen atoms in total. The molecule has 0 aliphatic carbocycles. The molecule has 9 heavy (non-hydrogen) atoms. The van der Waals surface area contributed by atoms with Crippen LogP contribution in [0.5, 0.6) is 0 Å². The van der Waals surface area contributed by atoms with E-state index < -0.39 is 16.5 Å². The molecule has 0 N–H and O–H groups in total. The molecule has 0 spiro atoms. The zero-order valence-corrected chi connectivity index (χ0v) is 8.80. The topological polar surface area (TPSA) is 126 Å². The van der Waals surface area contributed by atoms with Gasteiger partial charge < -0.3 is 28.7 Å². The first-order valence-electron chi connectivity index (χ1n) is 1.22. The van der Waals surface area contributed by atoms with Crippen LogP contribution in [0.4, 0.5) is 0 Å². The molecule has 0 aromatic heterocycles. The zero-order chi connectivity index (χ0) is 7.15. The maximum absolute atomic E-state index is 8.52. The van der Waals surface area contributed by atoms with Crippen molar-refractivity contribution in [1.29, 1.82) is 0 Å². The molecule has 0 radical (unpaired) electrons. The molecule has 0 aromatic carbocycles. The van der Waals surface area contributed by atoms with E-state index in [1.807, 2.05) is 0 Å². The molecule has 0 fully saturated rings. The van der Waals surface area contributed by atoms with Crippen LogP contribution in [0.15, 0.2) is 0 Å². The monoisotopic (exact) mass is 280 g/mol. The molecule has 0 aliphatic heterocycles. The fraction of sp³-hybridized carbons (Fsp3) is 0. The van der Waals surface area contributed by atoms with Crippen molar-refractivity contribution in [3.8, 4) is 0 Å². The first-order valence-corrected chi connectivity index (χ1v) is 3.67. The van der Waals surface area contributed by atoms with Crippen molar-refractivity contribution in [2.75, 3.05) is 0 Å². The Morgan fingerprint density at radius 2 is 0.778 bits per heavy atom. The summed E-state index contributed by atoms with van der Waals surface area (Å²) in [4.78, 5) is 34.1. The second-order valence-corrected chi connectivity index (χ2v) is 1.50. The summed E-state index contributed by atoms with van der Waals surface area (Å²) in [5, 5.41) is 0. The summed E-state index contributed by atoms with van der Waals surface area (Å²) >= 11 is 0. The SMILES string of the molecule is O=[PH]([O-])[O-].O=[PH]([O-])[O-].[Sn+4]. The Bertz CT molecular complexity index is 69.1. The van der Waals surface area contributed by atoms with Crippen molar-refractivity contribution < 1.29 is 28.7 Å². The average molecular weight is 279 g/mol. The Hall–Kier alpha value is 1.10. The smallest absolute Gasteiger partial charge is 0.813 e. The van der Waals surface area contributed by atoms with E-state index in [-0.39, 0.29) is 23.9 Å². The predicted molar refractivity (Wildman–Crippen MR) is 23.8 cm³/mol. The van der Waals surface area contributed by atoms with Gasteiger partial charge >= 0.3 is 23.9 Å². The first-order chi connectivity index (χ1) is 3.46. The quantitative estimate of drug-likeness (QED) is 0.327. The van der Waals surface area contributed by atoms with E-state index in [0.717, 1.165) is 0 Å². The van der Waals surface area contributed by atoms with Gasteiger partial charge in [0.05, 0.1) is 0 Å². The molecular weight excluding hydrogens is 277 g/mol. The minimum atomic E-state index is -3.63. The van der Waals surface area contributed by atoms with Gasteiger partial charge in [-0.05, 0) is 0 Å². The van der Waals surface area contributed by atoms with Crippen molar-refractivity contribution in [2.45, 2.75) is 0 Å². The molecule has 0 saturated carbocycles. The molecule has 0 aliphatic rings. The molecule has 0 unspecified atom stereocenters. The molecule has 0 amide bonds. The van der Waals surface area contributed by atoms with Crippen LogP contribution in [0.1, 0.15) is 0 Å². The third kappa shape index (κ3) is 380. The third-order valence-corrected chi connectivity index (χ3v) is 0. The van der Waals surface area contributed by atoms with Crippen LogP contribution < -0.4 is 19.6 Å². The Morgan fingerprint density at radius 1 is 0.778 bits per heavy atom. The van der Waals surface area contributed by atoms with E-state index in [2.05, 4.69) is 0 Å². The number of rotatable bonds is 0. The van der Waals surface area contributed by atoms with Crippen molar-refractivity contribution in [3.63, 3.8) is 0 Å². The summed E-state index contributed by atoms with van der Waals surface area (Å²) in [7, 11) is -7.26. The van der Waals surface area contributed by atoms with Gasteiger partial charge in [0.2, 0.25) is 0 Å². The first kappa shape index (κ1) is 16.6. The second kappa shape index (κ2) is 11.8. The minimum absolute atomic E-state index is 0. The van der Waals surface area contributed by atoms with Crippen molar-refractivity contribution in [1.82, 2.24) is 0 Å². The maximum Gasteiger partial charge on any atom is 4.00 e. The summed E-state index contributed by atoms with van der Waals surface area (Å²) < 4.78 is 17.0. The Morgan fingerprint density at radius 3 is 0.778 bits per heavy atom. The van der Waals surface area contributed by atoms with Crippen LogP contribution in [0.3, 0.4) is 0 Å². The third-order valence-electron chi connectivity index (χ3n) is 0. The number of hydrogen-bond acceptors (Lipinski definition) is 6. The van der Waals surface area contributed by atoms with Gasteiger partial charge in [0.25, 0.3) is 0 Å². The molecule has 0 bridgehead atoms. The summed E-state index contributed by atoms with van der Waals surface area (Å²) in [6.45, 7) is 0. The van der Waals surface area contributed by atoms with Gasteiger partial charge in [0, 0.05) is 0 Å². The van der Waals surface area contributed by atoms with Gasteiger partial charge in [-0.1, -0.05) is 16.5 Å². The largest absolute Gasteiger partial charge is 4.00 e. The van der Waals surface area contributed by atoms with Crippen LogP contribution in [0.25, 0.3) is 0 Å². The van der Waals surface area contributed by atoms with E-state index in [4.69, 9.17) is 28.7 Å². The van der Waals surface area contributed by atoms with Gasteiger partial charge in [-0.15, -0.1) is 0 Å². The normalized spacial score (nSPS) is 7.78. The molecule has 0 heterocycles. The van der Waals surface area contributed by atoms with Gasteiger partial charge in [-0.25, -0.2) is 0 Å². The van der Waals surface area contributed by atoms with Crippen molar-refractivity contribution >= 4 is 40.4 Å². The molecule has 0 saturated heterocycles. The van der Waals surface area contributed by atoms with E-state index in [1.165, 1.54) is 0 Å². The molecule has 9 heteroatoms. The Labute approximate surface area is 69.4 Å². The van der Waals surface area contributed by atoms with E-state index in [1.54, 1.807) is 0 Å². The van der Waals surface area contributed by atoms with Crippen LogP contribution in [-0.2, 0) is 9.13 Å². The molecule has 0 rings (SSSR count). The molecule has 0 aromatic rings. The molecular formula is H2O6P2Sn. The summed E-state index contributed by atoms with van der Waals surface area (Å²) in [5.74, 6) is 0. The molecule has 52 valence electrons. The van der Waals surface area contributed by atoms with Gasteiger partial charge in [0.1, 0.15) is 0 Å². The summed E-state index contributed by atoms with van der Waals surface area (Å²) in [5.41, 5.74) is 0. The van der Waals surface area contributed by atoms with Gasteiger partial charge in [-0.2, -0.15) is 0 Å². The minimum Gasteiger partial charge on any atom is -0.813 e. The Balaban J connectivity index is -0.0000000720. The van der Waals surface area contributed by atoms with Gasteiger partial charge in [0.15, 0.2) is 0 Å². The van der Waals surface area contributed by atoms with Crippen LogP contribution >= 0.6 is 16.5 Å². The van der Waals surface area contributed by atoms with Crippen LogP contribution in [0, 0.1) is 0 Å². The average Bonchev–Trinajstić information content (AvgIpc) is 1.25. The van der Waals surface area contributed by atoms with Crippen LogP contribution in [-0.4, -0.2) is 23.9 Å². The van der Waals surface area contributed by atoms with Crippen LogP contribution in [0.2, 0.25) is 0 Å². The van der Waals surface area contributed by atoms with Crippen molar-refractivity contribution in [3.05, 3.63) is 0 Å². The molecule has 0 atom stereocenters. The number of hydrogen-bond donors (Lipinski definition) is 0. The fourth-order valence-electron chi connectivity index (χ4n) is 0. The summed E-state index contributed by atoms with van der Waals surface area (Å²) in [6, 6.07) is 0. The standard InChI is InChI=1S/2H3O3P.Sn/c2*1-4(2)3;/h2*4H,(H2,1,2,3);/q;;+4/p-4. The van der Waals surface area contributed by atoms with Gasteiger partial charge in [-0.3, -0.25) is 0 Å². The van der Waals surface area contributed by atoms with Crippen molar-refractivity contribution in [2.24, 2.45) is 0 Å². The van der Waals surface area contributed by atoms with E-state index >= 15 is 0 Å². The maximum atomic E-state index is 8.52. The summed E-state index contributed by atoms with van der Waals surface area (Å²) in [6.07, 6.45) is 0. The Kier molecular flexibility index (Phi) is 21.8. The predicted octanol–water partition coefficient (Wildman–Crippen LogP) is -4.19. The van der Waals surface area contributed by atoms with E-state index in [0.29, 0.717) is 0 Å².